The Morgan fingerprint density at radius 1 is 1.07 bits per heavy atom. The Hall–Kier alpha value is -3.85. The molecule has 0 unspecified atom stereocenters. The van der Waals surface area contributed by atoms with Crippen LogP contribution >= 0.6 is 11.3 Å². The lowest BCUT2D eigenvalue weighted by molar-refractivity contribution is 0.415. The van der Waals surface area contributed by atoms with E-state index in [1.54, 1.807) is 18.1 Å². The number of hydrogen-bond acceptors (Lipinski definition) is 7. The second-order valence-corrected chi connectivity index (χ2v) is 7.63. The largest absolute Gasteiger partial charge is 0.497 e. The van der Waals surface area contributed by atoms with Gasteiger partial charge in [0.15, 0.2) is 5.82 Å². The number of nitrogens with zero attached hydrogens (tertiary/aromatic N) is 6. The molecule has 3 heterocycles. The van der Waals surface area contributed by atoms with Crippen LogP contribution in [0.4, 0.5) is 0 Å². The Morgan fingerprint density at radius 3 is 2.63 bits per heavy atom. The van der Waals surface area contributed by atoms with E-state index < -0.39 is 0 Å². The van der Waals surface area contributed by atoms with Gasteiger partial charge in [-0.25, -0.2) is 4.98 Å². The third-order valence-corrected chi connectivity index (χ3v) is 5.89. The lowest BCUT2D eigenvalue weighted by Crippen LogP contribution is -2.22. The van der Waals surface area contributed by atoms with Crippen molar-refractivity contribution in [2.75, 3.05) is 7.11 Å². The highest BCUT2D eigenvalue weighted by Gasteiger charge is 2.14. The van der Waals surface area contributed by atoms with Gasteiger partial charge in [-0.3, -0.25) is 9.36 Å². The third kappa shape index (κ3) is 3.25. The van der Waals surface area contributed by atoms with Crippen LogP contribution in [0.3, 0.4) is 0 Å². The molecule has 0 aliphatic rings. The number of fused-ring (bicyclic) bond motifs is 1. The van der Waals surface area contributed by atoms with Crippen molar-refractivity contribution >= 4 is 21.6 Å². The zero-order valence-electron chi connectivity index (χ0n) is 16.0. The summed E-state index contributed by atoms with van der Waals surface area (Å²) >= 11 is 1.42. The lowest BCUT2D eigenvalue weighted by Gasteiger charge is -2.06. The summed E-state index contributed by atoms with van der Waals surface area (Å²) in [4.78, 5) is 18.5. The van der Waals surface area contributed by atoms with Crippen LogP contribution in [0.25, 0.3) is 26.3 Å². The normalized spacial score (nSPS) is 11.1. The van der Waals surface area contributed by atoms with Crippen molar-refractivity contribution in [1.82, 2.24) is 29.8 Å². The van der Waals surface area contributed by atoms with Gasteiger partial charge >= 0.3 is 0 Å². The van der Waals surface area contributed by atoms with E-state index in [-0.39, 0.29) is 12.1 Å². The van der Waals surface area contributed by atoms with Crippen molar-refractivity contribution in [2.24, 2.45) is 0 Å². The Bertz CT molecular complexity index is 1370. The molecule has 0 radical (unpaired) electrons. The van der Waals surface area contributed by atoms with Crippen LogP contribution in [0.5, 0.6) is 5.75 Å². The van der Waals surface area contributed by atoms with E-state index in [4.69, 9.17) is 4.74 Å². The van der Waals surface area contributed by atoms with E-state index in [9.17, 15) is 4.79 Å². The molecule has 0 amide bonds. The van der Waals surface area contributed by atoms with Crippen molar-refractivity contribution < 1.29 is 4.74 Å². The molecular weight excluding hydrogens is 400 g/mol. The number of aromatic nitrogens is 6. The predicted molar refractivity (Wildman–Crippen MR) is 114 cm³/mol. The van der Waals surface area contributed by atoms with Gasteiger partial charge in [0.25, 0.3) is 5.56 Å². The molecule has 8 nitrogen and oxygen atoms in total. The maximum atomic E-state index is 13.1. The molecule has 5 rings (SSSR count). The fraction of sp³-hybridized carbons (Fsp3) is 0.0952. The summed E-state index contributed by atoms with van der Waals surface area (Å²) in [5.74, 6) is 1.34. The van der Waals surface area contributed by atoms with Gasteiger partial charge in [0.1, 0.15) is 10.4 Å². The number of hydrogen-bond donors (Lipinski definition) is 0. The van der Waals surface area contributed by atoms with Crippen molar-refractivity contribution in [3.05, 3.63) is 83.2 Å². The smallest absolute Gasteiger partial charge is 0.271 e. The van der Waals surface area contributed by atoms with Crippen LogP contribution in [0.15, 0.2) is 71.8 Å². The average Bonchev–Trinajstić information content (AvgIpc) is 3.44. The number of thiophene rings is 1. The summed E-state index contributed by atoms with van der Waals surface area (Å²) in [7, 11) is 1.63. The molecule has 148 valence electrons. The highest BCUT2D eigenvalue weighted by molar-refractivity contribution is 7.22. The van der Waals surface area contributed by atoms with Gasteiger partial charge in [0.2, 0.25) is 0 Å². The first-order valence-electron chi connectivity index (χ1n) is 9.19. The van der Waals surface area contributed by atoms with E-state index in [1.165, 1.54) is 15.9 Å². The van der Waals surface area contributed by atoms with Gasteiger partial charge in [-0.05, 0) is 58.5 Å². The molecule has 0 spiro atoms. The third-order valence-electron chi connectivity index (χ3n) is 4.72. The standard InChI is InChI=1S/C21H16N6O2S/c1-29-16-9-7-14(8-10-16)18-11-17-20(30-18)21(28)26(13-22-17)12-19-23-24-25-27(19)15-5-3-2-4-6-15/h2-11,13H,12H2,1H3. The molecule has 9 heteroatoms. The molecule has 0 bridgehead atoms. The van der Waals surface area contributed by atoms with Crippen LogP contribution in [-0.4, -0.2) is 36.9 Å². The molecule has 0 atom stereocenters. The van der Waals surface area contributed by atoms with E-state index >= 15 is 0 Å². The van der Waals surface area contributed by atoms with Crippen molar-refractivity contribution in [3.63, 3.8) is 0 Å². The zero-order chi connectivity index (χ0) is 20.5. The first kappa shape index (κ1) is 18.2. The Kier molecular flexibility index (Phi) is 4.56. The molecular formula is C21H16N6O2S. The first-order chi connectivity index (χ1) is 14.7. The van der Waals surface area contributed by atoms with E-state index in [1.807, 2.05) is 60.7 Å². The molecule has 2 aromatic carbocycles. The number of methoxy groups -OCH3 is 1. The number of para-hydroxylation sites is 1. The minimum absolute atomic E-state index is 0.118. The van der Waals surface area contributed by atoms with Gasteiger partial charge in [0.05, 0.1) is 31.2 Å². The minimum Gasteiger partial charge on any atom is -0.497 e. The van der Waals surface area contributed by atoms with Crippen molar-refractivity contribution in [3.8, 4) is 21.9 Å². The highest BCUT2D eigenvalue weighted by Crippen LogP contribution is 2.31. The van der Waals surface area contributed by atoms with Gasteiger partial charge in [0, 0.05) is 4.88 Å². The monoisotopic (exact) mass is 416 g/mol. The molecule has 0 fully saturated rings. The quantitative estimate of drug-likeness (QED) is 0.437. The van der Waals surface area contributed by atoms with Crippen LogP contribution in [0, 0.1) is 0 Å². The number of tetrazole rings is 1. The zero-order valence-corrected chi connectivity index (χ0v) is 16.8. The van der Waals surface area contributed by atoms with Gasteiger partial charge < -0.3 is 4.74 Å². The van der Waals surface area contributed by atoms with Crippen molar-refractivity contribution in [1.29, 1.82) is 0 Å². The fourth-order valence-corrected chi connectivity index (χ4v) is 4.25. The molecule has 3 aromatic heterocycles. The molecule has 30 heavy (non-hydrogen) atoms. The summed E-state index contributed by atoms with van der Waals surface area (Å²) in [6.07, 6.45) is 1.54. The fourth-order valence-electron chi connectivity index (χ4n) is 3.18. The maximum absolute atomic E-state index is 13.1. The Morgan fingerprint density at radius 2 is 1.87 bits per heavy atom. The first-order valence-corrected chi connectivity index (χ1v) is 10.0. The van der Waals surface area contributed by atoms with Crippen LogP contribution in [-0.2, 0) is 6.54 Å². The Balaban J connectivity index is 1.50. The molecule has 0 saturated heterocycles. The second kappa shape index (κ2) is 7.53. The van der Waals surface area contributed by atoms with E-state index in [0.29, 0.717) is 16.0 Å². The number of ether oxygens (including phenoxy) is 1. The average molecular weight is 416 g/mol. The van der Waals surface area contributed by atoms with Gasteiger partial charge in [-0.2, -0.15) is 4.68 Å². The Labute approximate surface area is 175 Å². The number of rotatable bonds is 5. The summed E-state index contributed by atoms with van der Waals surface area (Å²) in [5, 5.41) is 11.9. The number of benzene rings is 2. The lowest BCUT2D eigenvalue weighted by atomic mass is 10.2. The predicted octanol–water partition coefficient (Wildman–Crippen LogP) is 3.16. The van der Waals surface area contributed by atoms with Crippen LogP contribution in [0.2, 0.25) is 0 Å². The maximum Gasteiger partial charge on any atom is 0.271 e. The molecule has 0 N–H and O–H groups in total. The summed E-state index contributed by atoms with van der Waals surface area (Å²) in [6.45, 7) is 0.222. The minimum atomic E-state index is -0.118. The van der Waals surface area contributed by atoms with Crippen LogP contribution in [0.1, 0.15) is 5.82 Å². The highest BCUT2D eigenvalue weighted by atomic mass is 32.1. The molecule has 0 saturated carbocycles. The van der Waals surface area contributed by atoms with Gasteiger partial charge in [-0.1, -0.05) is 18.2 Å². The van der Waals surface area contributed by atoms with E-state index in [0.717, 1.165) is 21.9 Å². The molecule has 0 aliphatic heterocycles. The topological polar surface area (TPSA) is 87.7 Å². The summed E-state index contributed by atoms with van der Waals surface area (Å²) < 4.78 is 8.96. The summed E-state index contributed by atoms with van der Waals surface area (Å²) in [6, 6.07) is 19.2. The molecule has 0 aliphatic carbocycles. The molecule has 5 aromatic rings. The summed E-state index contributed by atoms with van der Waals surface area (Å²) in [5.41, 5.74) is 2.40. The van der Waals surface area contributed by atoms with E-state index in [2.05, 4.69) is 20.5 Å². The van der Waals surface area contributed by atoms with Gasteiger partial charge in [-0.15, -0.1) is 16.4 Å². The van der Waals surface area contributed by atoms with Crippen molar-refractivity contribution in [2.45, 2.75) is 6.54 Å². The van der Waals surface area contributed by atoms with Crippen LogP contribution < -0.4 is 10.3 Å². The second-order valence-electron chi connectivity index (χ2n) is 6.57. The SMILES string of the molecule is COc1ccc(-c2cc3ncn(Cc4nnnn4-c4ccccc4)c(=O)c3s2)cc1.